The molecular formula is C21H17BrClNOS. The minimum absolute atomic E-state index is 0.217. The fourth-order valence-corrected chi connectivity index (χ4v) is 3.93. The first-order valence-electron chi connectivity index (χ1n) is 8.07. The van der Waals surface area contributed by atoms with Gasteiger partial charge in [0.05, 0.1) is 10.6 Å². The predicted octanol–water partition coefficient (Wildman–Crippen LogP) is 6.96. The third-order valence-electron chi connectivity index (χ3n) is 3.86. The molecule has 0 heterocycles. The second kappa shape index (κ2) is 8.76. The number of carbonyl (C=O) groups excluding carboxylic acids is 1. The molecule has 0 aromatic heterocycles. The highest BCUT2D eigenvalue weighted by atomic mass is 79.9. The summed E-state index contributed by atoms with van der Waals surface area (Å²) >= 11 is 11.3. The van der Waals surface area contributed by atoms with Crippen LogP contribution in [-0.4, -0.2) is 5.91 Å². The number of rotatable bonds is 5. The highest BCUT2D eigenvalue weighted by molar-refractivity contribution is 9.10. The maximum absolute atomic E-state index is 12.5. The van der Waals surface area contributed by atoms with E-state index in [0.717, 1.165) is 21.5 Å². The van der Waals surface area contributed by atoms with Crippen LogP contribution in [0, 0.1) is 6.92 Å². The van der Waals surface area contributed by atoms with Crippen molar-refractivity contribution < 1.29 is 4.79 Å². The number of amides is 1. The molecule has 0 aliphatic heterocycles. The van der Waals surface area contributed by atoms with Gasteiger partial charge in [0.15, 0.2) is 0 Å². The van der Waals surface area contributed by atoms with Crippen LogP contribution in [0.4, 0.5) is 5.69 Å². The van der Waals surface area contributed by atoms with Gasteiger partial charge in [-0.2, -0.15) is 0 Å². The van der Waals surface area contributed by atoms with Crippen molar-refractivity contribution in [3.05, 3.63) is 92.9 Å². The van der Waals surface area contributed by atoms with E-state index in [4.69, 9.17) is 11.6 Å². The number of carbonyl (C=O) groups is 1. The van der Waals surface area contributed by atoms with Gasteiger partial charge in [0.2, 0.25) is 0 Å². The van der Waals surface area contributed by atoms with Crippen molar-refractivity contribution in [2.45, 2.75) is 17.6 Å². The second-order valence-electron chi connectivity index (χ2n) is 5.83. The van der Waals surface area contributed by atoms with Crippen LogP contribution in [-0.2, 0) is 5.75 Å². The van der Waals surface area contributed by atoms with Crippen LogP contribution in [0.3, 0.4) is 0 Å². The molecule has 3 rings (SSSR count). The van der Waals surface area contributed by atoms with Gasteiger partial charge in [-0.3, -0.25) is 4.79 Å². The molecule has 0 saturated carbocycles. The van der Waals surface area contributed by atoms with Crippen LogP contribution in [0.1, 0.15) is 21.5 Å². The van der Waals surface area contributed by atoms with Crippen LogP contribution in [0.2, 0.25) is 5.02 Å². The largest absolute Gasteiger partial charge is 0.322 e. The molecule has 1 amide bonds. The predicted molar refractivity (Wildman–Crippen MR) is 114 cm³/mol. The number of thioether (sulfide) groups is 1. The maximum atomic E-state index is 12.5. The van der Waals surface area contributed by atoms with Gasteiger partial charge in [-0.1, -0.05) is 57.9 Å². The van der Waals surface area contributed by atoms with Crippen molar-refractivity contribution in [1.29, 1.82) is 0 Å². The summed E-state index contributed by atoms with van der Waals surface area (Å²) < 4.78 is 0.817. The molecule has 132 valence electrons. The third kappa shape index (κ3) is 4.91. The van der Waals surface area contributed by atoms with E-state index < -0.39 is 0 Å². The standard InChI is InChI=1S/C21H17BrClNOS/c1-14-11-15(13-26-17-5-3-2-4-6-17)7-10-20(14)24-21(25)18-12-16(22)8-9-19(18)23/h2-12H,13H2,1H3,(H,24,25). The molecule has 0 atom stereocenters. The van der Waals surface area contributed by atoms with Gasteiger partial charge < -0.3 is 5.32 Å². The molecule has 0 unspecified atom stereocenters. The fraction of sp³-hybridized carbons (Fsp3) is 0.0952. The first-order chi connectivity index (χ1) is 12.5. The van der Waals surface area contributed by atoms with Gasteiger partial charge in [0, 0.05) is 20.8 Å². The average Bonchev–Trinajstić information content (AvgIpc) is 2.64. The van der Waals surface area contributed by atoms with Crippen molar-refractivity contribution in [2.75, 3.05) is 5.32 Å². The normalized spacial score (nSPS) is 10.6. The Kier molecular flexibility index (Phi) is 6.41. The topological polar surface area (TPSA) is 29.1 Å². The Morgan fingerprint density at radius 1 is 1.08 bits per heavy atom. The van der Waals surface area contributed by atoms with E-state index in [1.54, 1.807) is 23.9 Å². The molecule has 0 aliphatic rings. The quantitative estimate of drug-likeness (QED) is 0.429. The molecule has 0 fully saturated rings. The van der Waals surface area contributed by atoms with E-state index >= 15 is 0 Å². The summed E-state index contributed by atoms with van der Waals surface area (Å²) in [6.45, 7) is 1.99. The van der Waals surface area contributed by atoms with E-state index in [-0.39, 0.29) is 5.91 Å². The first kappa shape index (κ1) is 19.0. The van der Waals surface area contributed by atoms with E-state index in [2.05, 4.69) is 39.4 Å². The molecule has 0 aliphatic carbocycles. The van der Waals surface area contributed by atoms with Crippen molar-refractivity contribution in [3.63, 3.8) is 0 Å². The number of halogens is 2. The lowest BCUT2D eigenvalue weighted by Crippen LogP contribution is -2.13. The fourth-order valence-electron chi connectivity index (χ4n) is 2.50. The zero-order valence-electron chi connectivity index (χ0n) is 14.1. The maximum Gasteiger partial charge on any atom is 0.257 e. The summed E-state index contributed by atoms with van der Waals surface area (Å²) in [5.74, 6) is 0.669. The summed E-state index contributed by atoms with van der Waals surface area (Å²) in [5.41, 5.74) is 3.48. The smallest absolute Gasteiger partial charge is 0.257 e. The third-order valence-corrected chi connectivity index (χ3v) is 5.77. The minimum Gasteiger partial charge on any atom is -0.322 e. The molecule has 0 saturated heterocycles. The Morgan fingerprint density at radius 2 is 1.85 bits per heavy atom. The highest BCUT2D eigenvalue weighted by Gasteiger charge is 2.12. The summed E-state index contributed by atoms with van der Waals surface area (Å²) in [5, 5.41) is 3.37. The van der Waals surface area contributed by atoms with Crippen molar-refractivity contribution in [2.24, 2.45) is 0 Å². The summed E-state index contributed by atoms with van der Waals surface area (Å²) in [4.78, 5) is 13.8. The Balaban J connectivity index is 1.69. The molecule has 3 aromatic rings. The van der Waals surface area contributed by atoms with E-state index in [1.165, 1.54) is 10.5 Å². The lowest BCUT2D eigenvalue weighted by atomic mass is 10.1. The Labute approximate surface area is 171 Å². The zero-order valence-corrected chi connectivity index (χ0v) is 17.3. The lowest BCUT2D eigenvalue weighted by molar-refractivity contribution is 0.102. The van der Waals surface area contributed by atoms with Crippen LogP contribution in [0.25, 0.3) is 0 Å². The van der Waals surface area contributed by atoms with Crippen LogP contribution < -0.4 is 5.32 Å². The minimum atomic E-state index is -0.217. The van der Waals surface area contributed by atoms with Gasteiger partial charge >= 0.3 is 0 Å². The Morgan fingerprint density at radius 3 is 2.58 bits per heavy atom. The van der Waals surface area contributed by atoms with E-state index in [1.807, 2.05) is 43.3 Å². The van der Waals surface area contributed by atoms with Gasteiger partial charge in [0.25, 0.3) is 5.91 Å². The molecule has 2 nitrogen and oxygen atoms in total. The van der Waals surface area contributed by atoms with Crippen LogP contribution >= 0.6 is 39.3 Å². The molecule has 3 aromatic carbocycles. The SMILES string of the molecule is Cc1cc(CSc2ccccc2)ccc1NC(=O)c1cc(Br)ccc1Cl. The summed E-state index contributed by atoms with van der Waals surface area (Å²) in [7, 11) is 0. The van der Waals surface area contributed by atoms with Gasteiger partial charge in [0.1, 0.15) is 0 Å². The highest BCUT2D eigenvalue weighted by Crippen LogP contribution is 2.26. The Bertz CT molecular complexity index is 931. The number of anilines is 1. The van der Waals surface area contributed by atoms with Crippen LogP contribution in [0.15, 0.2) is 76.1 Å². The molecule has 0 bridgehead atoms. The Hall–Kier alpha value is -1.75. The monoisotopic (exact) mass is 445 g/mol. The summed E-state index contributed by atoms with van der Waals surface area (Å²) in [6, 6.07) is 21.6. The number of hydrogen-bond donors (Lipinski definition) is 1. The van der Waals surface area contributed by atoms with E-state index in [9.17, 15) is 4.79 Å². The number of nitrogens with one attached hydrogen (secondary N) is 1. The molecule has 0 radical (unpaired) electrons. The van der Waals surface area contributed by atoms with Gasteiger partial charge in [-0.05, 0) is 54.4 Å². The van der Waals surface area contributed by atoms with E-state index in [0.29, 0.717) is 10.6 Å². The van der Waals surface area contributed by atoms with Crippen molar-refractivity contribution in [1.82, 2.24) is 0 Å². The molecule has 5 heteroatoms. The number of benzene rings is 3. The molecule has 26 heavy (non-hydrogen) atoms. The molecule has 1 N–H and O–H groups in total. The van der Waals surface area contributed by atoms with Gasteiger partial charge in [-0.25, -0.2) is 0 Å². The van der Waals surface area contributed by atoms with Crippen molar-refractivity contribution in [3.8, 4) is 0 Å². The van der Waals surface area contributed by atoms with Crippen LogP contribution in [0.5, 0.6) is 0 Å². The van der Waals surface area contributed by atoms with Gasteiger partial charge in [-0.15, -0.1) is 11.8 Å². The lowest BCUT2D eigenvalue weighted by Gasteiger charge is -2.11. The zero-order chi connectivity index (χ0) is 18.5. The first-order valence-corrected chi connectivity index (χ1v) is 10.2. The molecule has 0 spiro atoms. The average molecular weight is 447 g/mol. The number of aryl methyl sites for hydroxylation is 1. The number of hydrogen-bond acceptors (Lipinski definition) is 2. The summed E-state index contributed by atoms with van der Waals surface area (Å²) in [6.07, 6.45) is 0. The molecular weight excluding hydrogens is 430 g/mol. The second-order valence-corrected chi connectivity index (χ2v) is 8.20. The van der Waals surface area contributed by atoms with Crippen molar-refractivity contribution >= 4 is 50.9 Å².